The molecule has 46 heavy (non-hydrogen) atoms. The van der Waals surface area contributed by atoms with Crippen LogP contribution in [0.25, 0.3) is 6.08 Å². The minimum absolute atomic E-state index is 0.0271. The van der Waals surface area contributed by atoms with Crippen LogP contribution in [0.3, 0.4) is 0 Å². The van der Waals surface area contributed by atoms with E-state index in [4.69, 9.17) is 4.74 Å². The van der Waals surface area contributed by atoms with Crippen molar-refractivity contribution in [3.05, 3.63) is 47.6 Å². The number of carbonyl (C=O) groups excluding carboxylic acids is 1. The van der Waals surface area contributed by atoms with Crippen LogP contribution in [-0.4, -0.2) is 51.2 Å². The fourth-order valence-corrected chi connectivity index (χ4v) is 12.1. The Morgan fingerprint density at radius 2 is 1.67 bits per heavy atom. The number of aromatic hydroxyl groups is 1. The molecule has 0 saturated heterocycles. The summed E-state index contributed by atoms with van der Waals surface area (Å²) in [4.78, 5) is 26.0. The summed E-state index contributed by atoms with van der Waals surface area (Å²) >= 11 is 0. The number of phenolic OH excluding ortho intramolecular Hbond substituents is 1. The largest absolute Gasteiger partial charge is 0.508 e. The Bertz CT molecular complexity index is 1430. The third-order valence-corrected chi connectivity index (χ3v) is 15.0. The van der Waals surface area contributed by atoms with Crippen LogP contribution in [0, 0.1) is 56.7 Å². The fraction of sp³-hybridized carbons (Fsp3) is 0.692. The van der Waals surface area contributed by atoms with Gasteiger partial charge in [0, 0.05) is 11.5 Å². The number of fused-ring (bicyclic) bond motifs is 7. The second-order valence-corrected chi connectivity index (χ2v) is 16.8. The second kappa shape index (κ2) is 11.2. The lowest BCUT2D eigenvalue weighted by Gasteiger charge is -2.71. The maximum Gasteiger partial charge on any atom is 0.331 e. The van der Waals surface area contributed by atoms with E-state index in [0.717, 1.165) is 44.1 Å². The van der Waals surface area contributed by atoms with Crippen LogP contribution >= 0.6 is 0 Å². The molecule has 7 nitrogen and oxygen atoms in total. The predicted molar refractivity (Wildman–Crippen MR) is 176 cm³/mol. The minimum atomic E-state index is -0.935. The number of phenols is 1. The summed E-state index contributed by atoms with van der Waals surface area (Å²) in [6, 6.07) is 6.49. The molecule has 252 valence electrons. The first-order valence-electron chi connectivity index (χ1n) is 17.5. The standard InChI is InChI=1S/C39H54O7/c1-23-15-18-39(34(44)45)20-19-37(5)27(32(39)24(23)2)12-13-30-35(3)21-28(42)33(36(4,22-40)29(35)16-17-38(30,37)6)46-31(43)14-9-25-7-10-26(41)11-8-25/h7-12,14,23-24,28-30,32-33,40-42H,13,15-22H2,1-6H3,(H,44,45)/b14-9+/t23-,24+,28-,29-,30-,32+,33+,35+,36-,37-,38-,39+/m1/s1. The number of ether oxygens (including phenoxy) is 1. The van der Waals surface area contributed by atoms with E-state index in [1.165, 1.54) is 11.6 Å². The Labute approximate surface area is 274 Å². The molecule has 0 spiro atoms. The summed E-state index contributed by atoms with van der Waals surface area (Å²) in [7, 11) is 0. The third kappa shape index (κ3) is 4.57. The van der Waals surface area contributed by atoms with Crippen molar-refractivity contribution in [3.8, 4) is 5.75 Å². The van der Waals surface area contributed by atoms with Gasteiger partial charge in [0.25, 0.3) is 0 Å². The summed E-state index contributed by atoms with van der Waals surface area (Å²) in [5, 5.41) is 43.0. The number of hydrogen-bond donors (Lipinski definition) is 4. The van der Waals surface area contributed by atoms with E-state index < -0.39 is 35.0 Å². The molecule has 4 N–H and O–H groups in total. The zero-order chi connectivity index (χ0) is 33.4. The van der Waals surface area contributed by atoms with E-state index in [-0.39, 0.29) is 46.4 Å². The van der Waals surface area contributed by atoms with Gasteiger partial charge in [-0.05, 0) is 121 Å². The third-order valence-electron chi connectivity index (χ3n) is 15.0. The number of aliphatic hydroxyl groups is 2. The van der Waals surface area contributed by atoms with Crippen molar-refractivity contribution in [2.45, 2.75) is 105 Å². The number of carbonyl (C=O) groups is 2. The number of benzene rings is 1. The van der Waals surface area contributed by atoms with Crippen molar-refractivity contribution < 1.29 is 34.8 Å². The highest BCUT2D eigenvalue weighted by Gasteiger charge is 2.71. The van der Waals surface area contributed by atoms with Crippen molar-refractivity contribution in [2.24, 2.45) is 56.7 Å². The molecule has 0 unspecified atom stereocenters. The van der Waals surface area contributed by atoms with Crippen LogP contribution in [0.15, 0.2) is 42.0 Å². The maximum absolute atomic E-state index is 13.1. The Hall–Kier alpha value is -2.64. The first-order chi connectivity index (χ1) is 21.6. The zero-order valence-electron chi connectivity index (χ0n) is 28.5. The van der Waals surface area contributed by atoms with Crippen molar-refractivity contribution in [3.63, 3.8) is 0 Å². The highest BCUT2D eigenvalue weighted by molar-refractivity contribution is 5.87. The van der Waals surface area contributed by atoms with Gasteiger partial charge in [-0.2, -0.15) is 0 Å². The van der Waals surface area contributed by atoms with E-state index >= 15 is 0 Å². The van der Waals surface area contributed by atoms with Crippen molar-refractivity contribution in [1.82, 2.24) is 0 Å². The SMILES string of the molecule is C[C@H]1[C@H](C)CC[C@]2(C(=O)O)CC[C@]3(C)C(=CC[C@@H]4[C@@]5(C)C[C@@H](O)[C@H](OC(=O)/C=C/c6ccc(O)cc6)[C@](C)(CO)[C@@H]5CC[C@]43C)[C@H]12. The van der Waals surface area contributed by atoms with Gasteiger partial charge in [0.15, 0.2) is 0 Å². The number of hydrogen-bond acceptors (Lipinski definition) is 6. The molecule has 6 rings (SSSR count). The number of esters is 1. The van der Waals surface area contributed by atoms with Gasteiger partial charge in [-0.15, -0.1) is 0 Å². The van der Waals surface area contributed by atoms with Crippen molar-refractivity contribution in [2.75, 3.05) is 6.61 Å². The fourth-order valence-electron chi connectivity index (χ4n) is 12.1. The highest BCUT2D eigenvalue weighted by Crippen LogP contribution is 2.75. The topological polar surface area (TPSA) is 124 Å². The van der Waals surface area contributed by atoms with E-state index in [9.17, 15) is 30.0 Å². The van der Waals surface area contributed by atoms with Crippen LogP contribution in [0.5, 0.6) is 5.75 Å². The van der Waals surface area contributed by atoms with Gasteiger partial charge in [-0.3, -0.25) is 4.79 Å². The van der Waals surface area contributed by atoms with Gasteiger partial charge in [-0.1, -0.05) is 65.3 Å². The first-order valence-corrected chi connectivity index (χ1v) is 17.5. The lowest BCUT2D eigenvalue weighted by Crippen LogP contribution is -2.68. The van der Waals surface area contributed by atoms with E-state index in [1.54, 1.807) is 30.3 Å². The monoisotopic (exact) mass is 634 g/mol. The van der Waals surface area contributed by atoms with Gasteiger partial charge in [0.2, 0.25) is 0 Å². The summed E-state index contributed by atoms with van der Waals surface area (Å²) in [6.07, 6.45) is 9.93. The quantitative estimate of drug-likeness (QED) is 0.156. The van der Waals surface area contributed by atoms with E-state index in [0.29, 0.717) is 24.7 Å². The predicted octanol–water partition coefficient (Wildman–Crippen LogP) is 7.00. The molecule has 5 aliphatic carbocycles. The number of allylic oxidation sites excluding steroid dienone is 2. The molecule has 4 fully saturated rings. The highest BCUT2D eigenvalue weighted by atomic mass is 16.6. The molecule has 0 bridgehead atoms. The molecule has 0 heterocycles. The van der Waals surface area contributed by atoms with Gasteiger partial charge < -0.3 is 25.2 Å². The van der Waals surface area contributed by atoms with Crippen LogP contribution in [0.2, 0.25) is 0 Å². The van der Waals surface area contributed by atoms with Crippen LogP contribution < -0.4 is 0 Å². The second-order valence-electron chi connectivity index (χ2n) is 16.8. The molecule has 1 aromatic rings. The molecule has 0 radical (unpaired) electrons. The molecule has 0 aromatic heterocycles. The summed E-state index contributed by atoms with van der Waals surface area (Å²) < 4.78 is 5.98. The molecule has 12 atom stereocenters. The average molecular weight is 635 g/mol. The summed E-state index contributed by atoms with van der Waals surface area (Å²) in [5.74, 6) is 0.0165. The number of carboxylic acid groups (broad SMARTS) is 1. The Morgan fingerprint density at radius 3 is 2.33 bits per heavy atom. The Balaban J connectivity index is 1.32. The number of aliphatic hydroxyl groups excluding tert-OH is 2. The average Bonchev–Trinajstić information content (AvgIpc) is 3.00. The van der Waals surface area contributed by atoms with Crippen molar-refractivity contribution in [1.29, 1.82) is 0 Å². The summed E-state index contributed by atoms with van der Waals surface area (Å²) in [5.41, 5.74) is 0.0232. The lowest BCUT2D eigenvalue weighted by molar-refractivity contribution is -0.249. The van der Waals surface area contributed by atoms with Crippen LogP contribution in [0.1, 0.15) is 98.5 Å². The Morgan fingerprint density at radius 1 is 0.978 bits per heavy atom. The zero-order valence-corrected chi connectivity index (χ0v) is 28.5. The van der Waals surface area contributed by atoms with Gasteiger partial charge in [0.05, 0.1) is 18.1 Å². The molecule has 4 saturated carbocycles. The minimum Gasteiger partial charge on any atom is -0.508 e. The smallest absolute Gasteiger partial charge is 0.331 e. The summed E-state index contributed by atoms with van der Waals surface area (Å²) in [6.45, 7) is 13.5. The maximum atomic E-state index is 13.1. The van der Waals surface area contributed by atoms with Crippen LogP contribution in [0.4, 0.5) is 0 Å². The first kappa shape index (κ1) is 33.3. The van der Waals surface area contributed by atoms with Crippen LogP contribution in [-0.2, 0) is 14.3 Å². The van der Waals surface area contributed by atoms with Gasteiger partial charge in [0.1, 0.15) is 11.9 Å². The van der Waals surface area contributed by atoms with Gasteiger partial charge in [-0.25, -0.2) is 4.79 Å². The number of rotatable bonds is 5. The number of aliphatic carboxylic acids is 1. The molecule has 0 aliphatic heterocycles. The Kier molecular flexibility index (Phi) is 8.12. The molecular formula is C39H54O7. The molecule has 1 aromatic carbocycles. The van der Waals surface area contributed by atoms with Gasteiger partial charge >= 0.3 is 11.9 Å². The number of carboxylic acids is 1. The molecule has 7 heteroatoms. The molecular weight excluding hydrogens is 580 g/mol. The van der Waals surface area contributed by atoms with E-state index in [1.807, 2.05) is 6.92 Å². The molecule has 0 amide bonds. The van der Waals surface area contributed by atoms with Crippen molar-refractivity contribution >= 4 is 18.0 Å². The normalized spacial score (nSPS) is 46.7. The molecule has 5 aliphatic rings. The van der Waals surface area contributed by atoms with E-state index in [2.05, 4.69) is 40.7 Å². The lowest BCUT2D eigenvalue weighted by atomic mass is 9.33.